The lowest BCUT2D eigenvalue weighted by molar-refractivity contribution is 0.0696. The average Bonchev–Trinajstić information content (AvgIpc) is 3.04. The Hall–Kier alpha value is -4.66. The molecule has 0 unspecified atom stereocenters. The van der Waals surface area contributed by atoms with Gasteiger partial charge in [-0.05, 0) is 55.0 Å². The van der Waals surface area contributed by atoms with E-state index in [2.05, 4.69) is 50.7 Å². The van der Waals surface area contributed by atoms with Crippen LogP contribution in [0.2, 0.25) is 0 Å². The minimum atomic E-state index is -4.24. The van der Waals surface area contributed by atoms with E-state index in [1.807, 2.05) is 44.0 Å². The predicted octanol–water partition coefficient (Wildman–Crippen LogP) is 5.11. The number of anilines is 2. The Balaban J connectivity index is 1.59. The van der Waals surface area contributed by atoms with E-state index < -0.39 is 16.0 Å². The van der Waals surface area contributed by atoms with Crippen molar-refractivity contribution in [1.82, 2.24) is 25.3 Å². The van der Waals surface area contributed by atoms with E-state index >= 15 is 0 Å². The molecule has 2 aromatic heterocycles. The zero-order chi connectivity index (χ0) is 35.8. The fraction of sp³-hybridized carbons (Fsp3) is 0.400. The van der Waals surface area contributed by atoms with Crippen molar-refractivity contribution in [1.29, 1.82) is 0 Å². The van der Waals surface area contributed by atoms with Crippen LogP contribution >= 0.6 is 0 Å². The lowest BCUT2D eigenvalue weighted by Crippen LogP contribution is -2.38. The van der Waals surface area contributed by atoms with Crippen LogP contribution in [0.25, 0.3) is 11.3 Å². The van der Waals surface area contributed by atoms with Crippen LogP contribution in [0.4, 0.5) is 11.6 Å². The van der Waals surface area contributed by atoms with Crippen molar-refractivity contribution in [3.8, 4) is 17.1 Å². The number of aromatic carboxylic acids is 1. The van der Waals surface area contributed by atoms with E-state index in [-0.39, 0.29) is 40.4 Å². The molecule has 0 bridgehead atoms. The highest BCUT2D eigenvalue weighted by Gasteiger charge is 2.23. The van der Waals surface area contributed by atoms with Crippen molar-refractivity contribution in [3.05, 3.63) is 83.4 Å². The number of carbonyl (C=O) groups is 1. The van der Waals surface area contributed by atoms with E-state index in [9.17, 15) is 18.3 Å². The summed E-state index contributed by atoms with van der Waals surface area (Å²) in [4.78, 5) is 31.3. The molecule has 4 aromatic rings. The van der Waals surface area contributed by atoms with Gasteiger partial charge in [-0.15, -0.1) is 0 Å². The predicted molar refractivity (Wildman–Crippen MR) is 189 cm³/mol. The number of likely N-dealkylation sites (N-methyl/N-ethyl adjacent to an activating group) is 1. The molecule has 0 saturated carbocycles. The molecule has 4 rings (SSSR count). The number of aryl methyl sites for hydroxylation is 2. The van der Waals surface area contributed by atoms with Gasteiger partial charge in [0.15, 0.2) is 0 Å². The Labute approximate surface area is 288 Å². The fourth-order valence-electron chi connectivity index (χ4n) is 5.21. The molecule has 0 aliphatic carbocycles. The van der Waals surface area contributed by atoms with Crippen LogP contribution in [0.3, 0.4) is 0 Å². The van der Waals surface area contributed by atoms with E-state index in [0.717, 1.165) is 41.4 Å². The molecule has 1 atom stereocenters. The molecule has 0 radical (unpaired) electrons. The normalized spacial score (nSPS) is 12.4. The SMILES string of the molecule is COCCN(C)c1cnc(CN[C@@H](COc2cc(-c3c(C)cccc3C)nc(NS(=O)(=O)c3cccc(C(=O)O)c3)n2)CC(C)(C)C)nc1. The number of nitrogens with zero attached hydrogens (tertiary/aromatic N) is 5. The number of hydrogen-bond acceptors (Lipinski definition) is 11. The number of benzene rings is 2. The van der Waals surface area contributed by atoms with E-state index in [1.54, 1.807) is 25.6 Å². The van der Waals surface area contributed by atoms with Crippen molar-refractivity contribution in [2.75, 3.05) is 43.5 Å². The highest BCUT2D eigenvalue weighted by Crippen LogP contribution is 2.30. The van der Waals surface area contributed by atoms with Crippen LogP contribution in [-0.2, 0) is 21.3 Å². The first-order chi connectivity index (χ1) is 23.1. The number of rotatable bonds is 16. The first kappa shape index (κ1) is 37.2. The van der Waals surface area contributed by atoms with E-state index in [0.29, 0.717) is 24.7 Å². The first-order valence-corrected chi connectivity index (χ1v) is 17.3. The maximum atomic E-state index is 13.4. The number of ether oxygens (including phenoxy) is 2. The summed E-state index contributed by atoms with van der Waals surface area (Å²) in [5.74, 6) is -0.649. The summed E-state index contributed by atoms with van der Waals surface area (Å²) in [6.45, 7) is 12.2. The van der Waals surface area contributed by atoms with Gasteiger partial charge in [0.25, 0.3) is 10.0 Å². The summed E-state index contributed by atoms with van der Waals surface area (Å²) in [5, 5.41) is 12.9. The average molecular weight is 692 g/mol. The molecule has 262 valence electrons. The second-order valence-electron chi connectivity index (χ2n) is 13.0. The molecule has 0 aliphatic heterocycles. The highest BCUT2D eigenvalue weighted by atomic mass is 32.2. The second-order valence-corrected chi connectivity index (χ2v) is 14.7. The van der Waals surface area contributed by atoms with Crippen molar-refractivity contribution in [2.45, 2.75) is 58.5 Å². The summed E-state index contributed by atoms with van der Waals surface area (Å²) in [5.41, 5.74) is 3.86. The highest BCUT2D eigenvalue weighted by molar-refractivity contribution is 7.92. The molecule has 0 saturated heterocycles. The Morgan fingerprint density at radius 1 is 1.02 bits per heavy atom. The Bertz CT molecular complexity index is 1830. The van der Waals surface area contributed by atoms with Crippen molar-refractivity contribution in [3.63, 3.8) is 0 Å². The minimum Gasteiger partial charge on any atom is -0.478 e. The van der Waals surface area contributed by atoms with E-state index in [1.165, 1.54) is 18.2 Å². The van der Waals surface area contributed by atoms with Gasteiger partial charge in [0.05, 0.1) is 47.4 Å². The molecule has 14 heteroatoms. The standard InChI is InChI=1S/C35H45N7O6S/c1-23-10-8-11-24(2)32(23)29-17-31(40-34(39-29)41-49(45,46)28-13-9-12-25(16-28)33(43)44)48-22-26(18-35(3,4)5)36-21-30-37-19-27(20-38-30)42(6)14-15-47-7/h8-13,16-17,19-20,26,36H,14-15,18,21-22H2,1-7H3,(H,43,44)(H,39,40,41)/t26-/m1/s1. The third kappa shape index (κ3) is 10.7. The molecule has 49 heavy (non-hydrogen) atoms. The number of carboxylic acid groups (broad SMARTS) is 1. The van der Waals surface area contributed by atoms with Crippen LogP contribution < -0.4 is 19.7 Å². The third-order valence-corrected chi connectivity index (χ3v) is 8.99. The number of sulfonamides is 1. The summed E-state index contributed by atoms with van der Waals surface area (Å²) >= 11 is 0. The number of aromatic nitrogens is 4. The Morgan fingerprint density at radius 3 is 2.33 bits per heavy atom. The molecule has 0 fully saturated rings. The van der Waals surface area contributed by atoms with Crippen LogP contribution in [0, 0.1) is 19.3 Å². The molecule has 3 N–H and O–H groups in total. The minimum absolute atomic E-state index is 0.0455. The van der Waals surface area contributed by atoms with Gasteiger partial charge in [0.1, 0.15) is 12.4 Å². The lowest BCUT2D eigenvalue weighted by Gasteiger charge is -2.27. The summed E-state index contributed by atoms with van der Waals surface area (Å²) in [6.07, 6.45) is 4.32. The van der Waals surface area contributed by atoms with Gasteiger partial charge in [-0.2, -0.15) is 4.98 Å². The van der Waals surface area contributed by atoms with Gasteiger partial charge in [-0.1, -0.05) is 45.0 Å². The maximum Gasteiger partial charge on any atom is 0.335 e. The summed E-state index contributed by atoms with van der Waals surface area (Å²) in [6, 6.07) is 12.5. The van der Waals surface area contributed by atoms with Crippen molar-refractivity contribution < 1.29 is 27.8 Å². The largest absolute Gasteiger partial charge is 0.478 e. The second kappa shape index (κ2) is 16.2. The molecule has 13 nitrogen and oxygen atoms in total. The van der Waals surface area contributed by atoms with Gasteiger partial charge < -0.3 is 24.8 Å². The van der Waals surface area contributed by atoms with Gasteiger partial charge in [-0.25, -0.2) is 32.9 Å². The third-order valence-electron chi connectivity index (χ3n) is 7.66. The smallest absolute Gasteiger partial charge is 0.335 e. The van der Waals surface area contributed by atoms with Gasteiger partial charge >= 0.3 is 5.97 Å². The molecule has 0 aliphatic rings. The van der Waals surface area contributed by atoms with Gasteiger partial charge in [0.2, 0.25) is 11.8 Å². The Morgan fingerprint density at radius 2 is 1.69 bits per heavy atom. The lowest BCUT2D eigenvalue weighted by atomic mass is 9.88. The molecule has 2 aromatic carbocycles. The van der Waals surface area contributed by atoms with Crippen molar-refractivity contribution >= 4 is 27.6 Å². The van der Waals surface area contributed by atoms with Crippen LogP contribution in [0.5, 0.6) is 5.88 Å². The molecule has 2 heterocycles. The Kier molecular flexibility index (Phi) is 12.3. The fourth-order valence-corrected chi connectivity index (χ4v) is 6.20. The number of hydrogen-bond donors (Lipinski definition) is 3. The van der Waals surface area contributed by atoms with Crippen LogP contribution in [-0.4, -0.2) is 79.4 Å². The molecule has 0 spiro atoms. The number of nitrogens with one attached hydrogen (secondary N) is 2. The monoisotopic (exact) mass is 691 g/mol. The summed E-state index contributed by atoms with van der Waals surface area (Å²) in [7, 11) is -0.622. The number of carboxylic acids is 1. The van der Waals surface area contributed by atoms with Crippen molar-refractivity contribution in [2.24, 2.45) is 5.41 Å². The maximum absolute atomic E-state index is 13.4. The zero-order valence-corrected chi connectivity index (χ0v) is 29.8. The van der Waals surface area contributed by atoms with Gasteiger partial charge in [0, 0.05) is 38.4 Å². The molecular formula is C35H45N7O6S. The summed E-state index contributed by atoms with van der Waals surface area (Å²) < 4.78 is 40.6. The first-order valence-electron chi connectivity index (χ1n) is 15.8. The number of methoxy groups -OCH3 is 1. The molecular weight excluding hydrogens is 646 g/mol. The van der Waals surface area contributed by atoms with E-state index in [4.69, 9.17) is 9.47 Å². The zero-order valence-electron chi connectivity index (χ0n) is 29.0. The molecule has 0 amide bonds. The van der Waals surface area contributed by atoms with Gasteiger partial charge in [-0.3, -0.25) is 0 Å². The van der Waals surface area contributed by atoms with Crippen LogP contribution in [0.1, 0.15) is 54.5 Å². The quantitative estimate of drug-likeness (QED) is 0.142. The van der Waals surface area contributed by atoms with Crippen LogP contribution in [0.15, 0.2) is 65.8 Å². The topological polar surface area (TPSA) is 169 Å².